The first-order valence-electron chi connectivity index (χ1n) is 7.79. The molecule has 2 aromatic rings. The maximum Gasteiger partial charge on any atom is 0.216 e. The molecular weight excluding hydrogens is 330 g/mol. The molecule has 1 aliphatic rings. The van der Waals surface area contributed by atoms with E-state index in [9.17, 15) is 8.42 Å². The van der Waals surface area contributed by atoms with Gasteiger partial charge in [0, 0.05) is 11.1 Å². The van der Waals surface area contributed by atoms with E-state index in [0.29, 0.717) is 10.6 Å². The molecule has 23 heavy (non-hydrogen) atoms. The Kier molecular flexibility index (Phi) is 4.76. The molecule has 0 radical (unpaired) electrons. The van der Waals surface area contributed by atoms with Gasteiger partial charge in [0.25, 0.3) is 0 Å². The van der Waals surface area contributed by atoms with Crippen LogP contribution in [0.4, 0.5) is 0 Å². The molecule has 2 aromatic carbocycles. The SMILES string of the molecule is CC(NS(=O)(=O)Cc1cccc(Cl)c1)c1ccc2c(c1)CCC2. The third-order valence-electron chi connectivity index (χ3n) is 4.22. The molecule has 0 fully saturated rings. The van der Waals surface area contributed by atoms with Gasteiger partial charge < -0.3 is 0 Å². The van der Waals surface area contributed by atoms with Crippen molar-refractivity contribution in [2.45, 2.75) is 38.0 Å². The Balaban J connectivity index is 1.72. The lowest BCUT2D eigenvalue weighted by atomic mass is 10.0. The summed E-state index contributed by atoms with van der Waals surface area (Å²) in [7, 11) is -3.42. The minimum atomic E-state index is -3.42. The molecule has 0 saturated carbocycles. The molecule has 1 unspecified atom stereocenters. The van der Waals surface area contributed by atoms with E-state index in [1.807, 2.05) is 13.0 Å². The molecule has 3 rings (SSSR count). The second kappa shape index (κ2) is 6.63. The van der Waals surface area contributed by atoms with E-state index >= 15 is 0 Å². The van der Waals surface area contributed by atoms with Crippen LogP contribution in [0.2, 0.25) is 5.02 Å². The maximum atomic E-state index is 12.4. The highest BCUT2D eigenvalue weighted by Gasteiger charge is 2.18. The molecule has 0 bridgehead atoms. The first-order valence-corrected chi connectivity index (χ1v) is 9.82. The zero-order valence-corrected chi connectivity index (χ0v) is 14.6. The van der Waals surface area contributed by atoms with E-state index in [1.54, 1.807) is 24.3 Å². The summed E-state index contributed by atoms with van der Waals surface area (Å²) in [5, 5.41) is 0.546. The summed E-state index contributed by atoms with van der Waals surface area (Å²) in [6.07, 6.45) is 3.41. The van der Waals surface area contributed by atoms with Crippen LogP contribution in [0.3, 0.4) is 0 Å². The molecule has 3 nitrogen and oxygen atoms in total. The lowest BCUT2D eigenvalue weighted by Crippen LogP contribution is -2.28. The van der Waals surface area contributed by atoms with Crippen LogP contribution in [-0.2, 0) is 28.6 Å². The lowest BCUT2D eigenvalue weighted by molar-refractivity contribution is 0.566. The maximum absolute atomic E-state index is 12.4. The second-order valence-electron chi connectivity index (χ2n) is 6.11. The Labute approximate surface area is 142 Å². The van der Waals surface area contributed by atoms with Crippen LogP contribution >= 0.6 is 11.6 Å². The Bertz CT molecular complexity index is 818. The van der Waals surface area contributed by atoms with Gasteiger partial charge in [0.2, 0.25) is 10.0 Å². The third kappa shape index (κ3) is 4.14. The molecule has 0 amide bonds. The Morgan fingerprint density at radius 2 is 1.91 bits per heavy atom. The van der Waals surface area contributed by atoms with E-state index in [4.69, 9.17) is 11.6 Å². The van der Waals surface area contributed by atoms with Crippen molar-refractivity contribution in [1.82, 2.24) is 4.72 Å². The highest BCUT2D eigenvalue weighted by atomic mass is 35.5. The van der Waals surface area contributed by atoms with Crippen LogP contribution in [0.1, 0.15) is 41.6 Å². The summed E-state index contributed by atoms with van der Waals surface area (Å²) in [5.74, 6) is -0.0666. The Hall–Kier alpha value is -1.36. The van der Waals surface area contributed by atoms with Crippen LogP contribution in [-0.4, -0.2) is 8.42 Å². The number of fused-ring (bicyclic) bond motifs is 1. The van der Waals surface area contributed by atoms with Crippen LogP contribution in [0.25, 0.3) is 0 Å². The molecule has 0 saturated heterocycles. The fraction of sp³-hybridized carbons (Fsp3) is 0.333. The molecule has 0 spiro atoms. The van der Waals surface area contributed by atoms with Crippen molar-refractivity contribution < 1.29 is 8.42 Å². The quantitative estimate of drug-likeness (QED) is 0.886. The Morgan fingerprint density at radius 1 is 1.13 bits per heavy atom. The normalized spacial score (nSPS) is 15.4. The van der Waals surface area contributed by atoms with Gasteiger partial charge in [-0.25, -0.2) is 13.1 Å². The van der Waals surface area contributed by atoms with Crippen LogP contribution in [0, 0.1) is 0 Å². The highest BCUT2D eigenvalue weighted by Crippen LogP contribution is 2.26. The van der Waals surface area contributed by atoms with Gasteiger partial charge in [-0.15, -0.1) is 0 Å². The predicted molar refractivity (Wildman–Crippen MR) is 94.1 cm³/mol. The molecule has 0 heterocycles. The van der Waals surface area contributed by atoms with Crippen molar-refractivity contribution in [1.29, 1.82) is 0 Å². The topological polar surface area (TPSA) is 46.2 Å². The van der Waals surface area contributed by atoms with Crippen LogP contribution in [0.15, 0.2) is 42.5 Å². The van der Waals surface area contributed by atoms with E-state index < -0.39 is 10.0 Å². The highest BCUT2D eigenvalue weighted by molar-refractivity contribution is 7.88. The smallest absolute Gasteiger partial charge is 0.212 e. The van der Waals surface area contributed by atoms with Crippen molar-refractivity contribution in [3.63, 3.8) is 0 Å². The number of halogens is 1. The fourth-order valence-electron chi connectivity index (χ4n) is 3.09. The summed E-state index contributed by atoms with van der Waals surface area (Å²) in [6, 6.07) is 13.0. The standard InChI is InChI=1S/C18H20ClNO2S/c1-13(16-9-8-15-5-3-6-17(15)11-16)20-23(21,22)12-14-4-2-7-18(19)10-14/h2,4,7-11,13,20H,3,5-6,12H2,1H3. The molecule has 1 N–H and O–H groups in total. The van der Waals surface area contributed by atoms with Gasteiger partial charge >= 0.3 is 0 Å². The lowest BCUT2D eigenvalue weighted by Gasteiger charge is -2.16. The van der Waals surface area contributed by atoms with Crippen molar-refractivity contribution in [2.24, 2.45) is 0 Å². The van der Waals surface area contributed by atoms with E-state index in [0.717, 1.165) is 18.4 Å². The zero-order chi connectivity index (χ0) is 16.4. The number of sulfonamides is 1. The first-order chi connectivity index (χ1) is 10.9. The molecule has 1 atom stereocenters. The van der Waals surface area contributed by atoms with Crippen molar-refractivity contribution in [3.8, 4) is 0 Å². The Morgan fingerprint density at radius 3 is 2.70 bits per heavy atom. The number of hydrogen-bond donors (Lipinski definition) is 1. The van der Waals surface area contributed by atoms with E-state index in [2.05, 4.69) is 16.9 Å². The summed E-state index contributed by atoms with van der Waals surface area (Å²) >= 11 is 5.91. The third-order valence-corrected chi connectivity index (χ3v) is 5.89. The van der Waals surface area contributed by atoms with E-state index in [-0.39, 0.29) is 11.8 Å². The second-order valence-corrected chi connectivity index (χ2v) is 8.30. The van der Waals surface area contributed by atoms with Gasteiger partial charge in [-0.2, -0.15) is 0 Å². The molecule has 0 aliphatic heterocycles. The predicted octanol–water partition coefficient (Wildman–Crippen LogP) is 4.01. The van der Waals surface area contributed by atoms with Gasteiger partial charge in [0.15, 0.2) is 0 Å². The first kappa shape index (κ1) is 16.5. The average Bonchev–Trinajstić information content (AvgIpc) is 2.93. The van der Waals surface area contributed by atoms with Crippen LogP contribution < -0.4 is 4.72 Å². The fourth-order valence-corrected chi connectivity index (χ4v) is 4.68. The summed E-state index contributed by atoms with van der Waals surface area (Å²) in [4.78, 5) is 0. The summed E-state index contributed by atoms with van der Waals surface area (Å²) in [5.41, 5.74) is 4.44. The van der Waals surface area contributed by atoms with Crippen LogP contribution in [0.5, 0.6) is 0 Å². The molecule has 0 aromatic heterocycles. The zero-order valence-electron chi connectivity index (χ0n) is 13.0. The number of nitrogens with one attached hydrogen (secondary N) is 1. The van der Waals surface area contributed by atoms with Gasteiger partial charge in [-0.1, -0.05) is 41.9 Å². The monoisotopic (exact) mass is 349 g/mol. The van der Waals surface area contributed by atoms with Gasteiger partial charge in [-0.3, -0.25) is 0 Å². The number of aryl methyl sites for hydroxylation is 2. The van der Waals surface area contributed by atoms with Gasteiger partial charge in [0.05, 0.1) is 5.75 Å². The number of benzene rings is 2. The molecular formula is C18H20ClNO2S. The summed E-state index contributed by atoms with van der Waals surface area (Å²) in [6.45, 7) is 1.88. The minimum Gasteiger partial charge on any atom is -0.212 e. The molecule has 5 heteroatoms. The average molecular weight is 350 g/mol. The van der Waals surface area contributed by atoms with Gasteiger partial charge in [0.1, 0.15) is 0 Å². The number of rotatable bonds is 5. The van der Waals surface area contributed by atoms with E-state index in [1.165, 1.54) is 17.5 Å². The molecule has 1 aliphatic carbocycles. The largest absolute Gasteiger partial charge is 0.216 e. The summed E-state index contributed by atoms with van der Waals surface area (Å²) < 4.78 is 27.5. The molecule has 122 valence electrons. The minimum absolute atomic E-state index is 0.0666. The van der Waals surface area contributed by atoms with Crippen molar-refractivity contribution in [3.05, 3.63) is 69.7 Å². The number of hydrogen-bond acceptors (Lipinski definition) is 2. The van der Waals surface area contributed by atoms with Crippen molar-refractivity contribution >= 4 is 21.6 Å². The van der Waals surface area contributed by atoms with Crippen molar-refractivity contribution in [2.75, 3.05) is 0 Å². The van der Waals surface area contributed by atoms with Gasteiger partial charge in [-0.05, 0) is 60.6 Å².